The van der Waals surface area contributed by atoms with Crippen molar-refractivity contribution in [2.45, 2.75) is 12.2 Å². The lowest BCUT2D eigenvalue weighted by Crippen LogP contribution is -2.22. The third-order valence-electron chi connectivity index (χ3n) is 2.88. The van der Waals surface area contributed by atoms with Gasteiger partial charge in [0, 0.05) is 5.39 Å². The molecule has 7 heteroatoms. The molecule has 0 saturated heterocycles. The third kappa shape index (κ3) is 2.55. The number of carboxylic acids is 1. The molecule has 2 atom stereocenters. The first-order valence-electron chi connectivity index (χ1n) is 5.72. The van der Waals surface area contributed by atoms with Crippen LogP contribution in [0.3, 0.4) is 0 Å². The minimum Gasteiger partial charge on any atom is -0.477 e. The van der Waals surface area contributed by atoms with Gasteiger partial charge in [-0.25, -0.2) is 9.59 Å². The quantitative estimate of drug-likeness (QED) is 0.574. The standard InChI is InChI=1S/C13H12O7/c14-5-9(15)11(16)6-1-2-10-7(3-6)4-8(12(17)18)13(19)20-10/h1-4,9,11,14-16H,5H2,(H,17,18). The SMILES string of the molecule is O=C(O)c1cc2cc(C(O)C(O)CO)ccc2oc1=O. The Bertz CT molecular complexity index is 703. The maximum absolute atomic E-state index is 11.4. The molecule has 4 N–H and O–H groups in total. The predicted octanol–water partition coefficient (Wildman–Crippen LogP) is -0.122. The van der Waals surface area contributed by atoms with Gasteiger partial charge in [0.15, 0.2) is 0 Å². The van der Waals surface area contributed by atoms with E-state index >= 15 is 0 Å². The summed E-state index contributed by atoms with van der Waals surface area (Å²) in [5.74, 6) is -1.41. The van der Waals surface area contributed by atoms with E-state index in [0.29, 0.717) is 5.39 Å². The summed E-state index contributed by atoms with van der Waals surface area (Å²) in [6.07, 6.45) is -2.69. The van der Waals surface area contributed by atoms with Crippen molar-refractivity contribution in [3.8, 4) is 0 Å². The predicted molar refractivity (Wildman–Crippen MR) is 67.5 cm³/mol. The molecule has 7 nitrogen and oxygen atoms in total. The van der Waals surface area contributed by atoms with Crippen LogP contribution in [0.4, 0.5) is 0 Å². The zero-order chi connectivity index (χ0) is 14.9. The molecule has 2 unspecified atom stereocenters. The van der Waals surface area contributed by atoms with Crippen molar-refractivity contribution < 1.29 is 29.6 Å². The molecule has 2 aromatic rings. The Balaban J connectivity index is 2.55. The zero-order valence-corrected chi connectivity index (χ0v) is 10.2. The number of rotatable bonds is 4. The molecule has 0 saturated carbocycles. The fourth-order valence-corrected chi connectivity index (χ4v) is 1.80. The van der Waals surface area contributed by atoms with Crippen LogP contribution in [0.1, 0.15) is 22.0 Å². The van der Waals surface area contributed by atoms with Crippen LogP contribution in [0.5, 0.6) is 0 Å². The lowest BCUT2D eigenvalue weighted by Gasteiger charge is -2.16. The van der Waals surface area contributed by atoms with Gasteiger partial charge < -0.3 is 24.8 Å². The molecule has 0 amide bonds. The Labute approximate surface area is 112 Å². The zero-order valence-electron chi connectivity index (χ0n) is 10.2. The summed E-state index contributed by atoms with van der Waals surface area (Å²) in [6, 6.07) is 5.31. The van der Waals surface area contributed by atoms with Crippen molar-refractivity contribution in [3.05, 3.63) is 45.8 Å². The van der Waals surface area contributed by atoms with Crippen LogP contribution in [0, 0.1) is 0 Å². The molecule has 0 bridgehead atoms. The molecule has 2 rings (SSSR count). The van der Waals surface area contributed by atoms with Crippen LogP contribution in [0.2, 0.25) is 0 Å². The van der Waals surface area contributed by atoms with Gasteiger partial charge in [-0.3, -0.25) is 0 Å². The topological polar surface area (TPSA) is 128 Å². The van der Waals surface area contributed by atoms with E-state index in [4.69, 9.17) is 14.6 Å². The Morgan fingerprint density at radius 3 is 2.55 bits per heavy atom. The Morgan fingerprint density at radius 1 is 1.25 bits per heavy atom. The highest BCUT2D eigenvalue weighted by molar-refractivity contribution is 5.91. The molecule has 0 spiro atoms. The van der Waals surface area contributed by atoms with Gasteiger partial charge in [0.25, 0.3) is 0 Å². The minimum atomic E-state index is -1.41. The van der Waals surface area contributed by atoms with Crippen molar-refractivity contribution in [1.82, 2.24) is 0 Å². The lowest BCUT2D eigenvalue weighted by molar-refractivity contribution is -0.0152. The van der Waals surface area contributed by atoms with Crippen molar-refractivity contribution >= 4 is 16.9 Å². The number of carboxylic acid groups (broad SMARTS) is 1. The molecule has 0 aliphatic heterocycles. The van der Waals surface area contributed by atoms with Crippen LogP contribution < -0.4 is 5.63 Å². The van der Waals surface area contributed by atoms with Crippen molar-refractivity contribution in [3.63, 3.8) is 0 Å². The molecule has 106 valence electrons. The van der Waals surface area contributed by atoms with Gasteiger partial charge in [-0.15, -0.1) is 0 Å². The van der Waals surface area contributed by atoms with Gasteiger partial charge >= 0.3 is 11.6 Å². The molecular formula is C13H12O7. The summed E-state index contributed by atoms with van der Waals surface area (Å²) in [5, 5.41) is 37.1. The first-order chi connectivity index (χ1) is 9.43. The Hall–Kier alpha value is -2.22. The number of aliphatic hydroxyl groups excluding tert-OH is 3. The smallest absolute Gasteiger partial charge is 0.351 e. The summed E-state index contributed by atoms with van der Waals surface area (Å²) < 4.78 is 4.85. The molecule has 1 aromatic heterocycles. The van der Waals surface area contributed by atoms with Crippen LogP contribution in [-0.4, -0.2) is 39.1 Å². The maximum Gasteiger partial charge on any atom is 0.351 e. The van der Waals surface area contributed by atoms with Crippen molar-refractivity contribution in [1.29, 1.82) is 0 Å². The van der Waals surface area contributed by atoms with Crippen LogP contribution in [-0.2, 0) is 0 Å². The molecule has 0 radical (unpaired) electrons. The first-order valence-corrected chi connectivity index (χ1v) is 5.72. The van der Waals surface area contributed by atoms with Crippen molar-refractivity contribution in [2.24, 2.45) is 0 Å². The van der Waals surface area contributed by atoms with Gasteiger partial charge in [0.2, 0.25) is 0 Å². The number of hydrogen-bond acceptors (Lipinski definition) is 6. The Kier molecular flexibility index (Phi) is 3.84. The maximum atomic E-state index is 11.4. The fraction of sp³-hybridized carbons (Fsp3) is 0.231. The molecule has 20 heavy (non-hydrogen) atoms. The van der Waals surface area contributed by atoms with E-state index in [-0.39, 0.29) is 11.1 Å². The van der Waals surface area contributed by atoms with E-state index in [1.165, 1.54) is 18.2 Å². The van der Waals surface area contributed by atoms with E-state index in [2.05, 4.69) is 0 Å². The van der Waals surface area contributed by atoms with Crippen LogP contribution in [0.25, 0.3) is 11.0 Å². The normalized spacial score (nSPS) is 14.2. The van der Waals surface area contributed by atoms with E-state index in [9.17, 15) is 19.8 Å². The second-order valence-electron chi connectivity index (χ2n) is 4.24. The molecule has 0 aliphatic rings. The number of hydrogen-bond donors (Lipinski definition) is 4. The highest BCUT2D eigenvalue weighted by Gasteiger charge is 2.19. The van der Waals surface area contributed by atoms with Crippen LogP contribution >= 0.6 is 0 Å². The van der Waals surface area contributed by atoms with Gasteiger partial charge in [0.05, 0.1) is 6.61 Å². The summed E-state index contributed by atoms with van der Waals surface area (Å²) in [5.41, 5.74) is -1.06. The van der Waals surface area contributed by atoms with Gasteiger partial charge in [-0.2, -0.15) is 0 Å². The second kappa shape index (κ2) is 5.41. The summed E-state index contributed by atoms with van der Waals surface area (Å²) in [6.45, 7) is -0.622. The van der Waals surface area contributed by atoms with Crippen molar-refractivity contribution in [2.75, 3.05) is 6.61 Å². The molecule has 1 heterocycles. The average molecular weight is 280 g/mol. The van der Waals surface area contributed by atoms with Crippen LogP contribution in [0.15, 0.2) is 33.5 Å². The largest absolute Gasteiger partial charge is 0.477 e. The van der Waals surface area contributed by atoms with Gasteiger partial charge in [-0.1, -0.05) is 6.07 Å². The minimum absolute atomic E-state index is 0.162. The average Bonchev–Trinajstić information content (AvgIpc) is 2.44. The Morgan fingerprint density at radius 2 is 1.95 bits per heavy atom. The first kappa shape index (κ1) is 14.2. The molecule has 0 fully saturated rings. The monoisotopic (exact) mass is 280 g/mol. The highest BCUT2D eigenvalue weighted by Crippen LogP contribution is 2.22. The van der Waals surface area contributed by atoms with E-state index in [0.717, 1.165) is 6.07 Å². The number of benzene rings is 1. The molecule has 1 aromatic carbocycles. The summed E-state index contributed by atoms with van der Waals surface area (Å²) in [4.78, 5) is 22.2. The van der Waals surface area contributed by atoms with Gasteiger partial charge in [-0.05, 0) is 23.8 Å². The number of carbonyl (C=O) groups is 1. The second-order valence-corrected chi connectivity index (χ2v) is 4.24. The summed E-state index contributed by atoms with van der Waals surface area (Å²) in [7, 11) is 0. The number of aromatic carboxylic acids is 1. The molecule has 0 aliphatic carbocycles. The molecular weight excluding hydrogens is 268 g/mol. The number of fused-ring (bicyclic) bond motifs is 1. The summed E-state index contributed by atoms with van der Waals surface area (Å²) >= 11 is 0. The third-order valence-corrected chi connectivity index (χ3v) is 2.88. The van der Waals surface area contributed by atoms with E-state index < -0.39 is 36.0 Å². The van der Waals surface area contributed by atoms with Gasteiger partial charge in [0.1, 0.15) is 23.4 Å². The lowest BCUT2D eigenvalue weighted by atomic mass is 10.0. The fourth-order valence-electron chi connectivity index (χ4n) is 1.80. The van der Waals surface area contributed by atoms with E-state index in [1.807, 2.05) is 0 Å². The van der Waals surface area contributed by atoms with E-state index in [1.54, 1.807) is 0 Å². The number of aliphatic hydroxyl groups is 3. The highest BCUT2D eigenvalue weighted by atomic mass is 16.4.